The van der Waals surface area contributed by atoms with E-state index in [2.05, 4.69) is 31.1 Å². The van der Waals surface area contributed by atoms with Crippen molar-refractivity contribution < 1.29 is 4.79 Å². The lowest BCUT2D eigenvalue weighted by atomic mass is 10.1. The van der Waals surface area contributed by atoms with Crippen LogP contribution in [0.2, 0.25) is 0 Å². The van der Waals surface area contributed by atoms with E-state index < -0.39 is 0 Å². The number of nitrogens with zero attached hydrogens (tertiary/aromatic N) is 2. The Morgan fingerprint density at radius 1 is 1.44 bits per heavy atom. The first kappa shape index (κ1) is 12.1. The van der Waals surface area contributed by atoms with E-state index in [9.17, 15) is 4.79 Å². The lowest BCUT2D eigenvalue weighted by Gasteiger charge is -2.21. The maximum atomic E-state index is 12.2. The summed E-state index contributed by atoms with van der Waals surface area (Å²) in [6.45, 7) is 2.29. The molecule has 2 aliphatic heterocycles. The van der Waals surface area contributed by atoms with Gasteiger partial charge in [-0.3, -0.25) is 9.69 Å². The molecule has 2 saturated heterocycles. The van der Waals surface area contributed by atoms with Crippen LogP contribution in [0.25, 0.3) is 0 Å². The van der Waals surface area contributed by atoms with E-state index in [0.29, 0.717) is 11.7 Å². The third kappa shape index (κ3) is 2.17. The summed E-state index contributed by atoms with van der Waals surface area (Å²) in [7, 11) is 0. The number of hydrogen-bond donors (Lipinski definition) is 1. The van der Waals surface area contributed by atoms with Gasteiger partial charge in [0.2, 0.25) is 0 Å². The summed E-state index contributed by atoms with van der Waals surface area (Å²) in [6, 6.07) is 4.48. The first-order chi connectivity index (χ1) is 8.75. The van der Waals surface area contributed by atoms with Gasteiger partial charge in [-0.25, -0.2) is 4.98 Å². The number of carbonyl (C=O) groups is 1. The molecule has 1 aromatic rings. The molecule has 0 bridgehead atoms. The van der Waals surface area contributed by atoms with Gasteiger partial charge in [0.25, 0.3) is 5.91 Å². The van der Waals surface area contributed by atoms with Crippen LogP contribution in [-0.2, 0) is 0 Å². The lowest BCUT2D eigenvalue weighted by Crippen LogP contribution is -2.42. The van der Waals surface area contributed by atoms with Crippen molar-refractivity contribution in [2.45, 2.75) is 31.3 Å². The minimum Gasteiger partial charge on any atom is -0.346 e. The standard InChI is InChI=1S/C13H16BrN3O/c14-9-3-1-6-15-12(9)13(18)16-10-5-8-17-7-2-4-11(10)17/h1,3,6,10-11H,2,4-5,7-8H2,(H,16,18). The lowest BCUT2D eigenvalue weighted by molar-refractivity contribution is 0.0923. The topological polar surface area (TPSA) is 45.2 Å². The van der Waals surface area contributed by atoms with Gasteiger partial charge in [0.1, 0.15) is 5.69 Å². The van der Waals surface area contributed by atoms with E-state index in [1.54, 1.807) is 6.20 Å². The van der Waals surface area contributed by atoms with Gasteiger partial charge in [-0.2, -0.15) is 0 Å². The van der Waals surface area contributed by atoms with Gasteiger partial charge in [0.15, 0.2) is 0 Å². The van der Waals surface area contributed by atoms with Crippen LogP contribution in [0.5, 0.6) is 0 Å². The van der Waals surface area contributed by atoms with Gasteiger partial charge in [0, 0.05) is 29.3 Å². The monoisotopic (exact) mass is 309 g/mol. The highest BCUT2D eigenvalue weighted by Gasteiger charge is 2.38. The third-order valence-electron chi connectivity index (χ3n) is 3.90. The molecule has 0 saturated carbocycles. The number of aromatic nitrogens is 1. The summed E-state index contributed by atoms with van der Waals surface area (Å²) in [4.78, 5) is 18.8. The second kappa shape index (κ2) is 4.97. The van der Waals surface area contributed by atoms with Gasteiger partial charge < -0.3 is 5.32 Å². The number of nitrogens with one attached hydrogen (secondary N) is 1. The highest BCUT2D eigenvalue weighted by molar-refractivity contribution is 9.10. The average Bonchev–Trinajstić information content (AvgIpc) is 2.94. The van der Waals surface area contributed by atoms with Crippen LogP contribution in [0.4, 0.5) is 0 Å². The minimum absolute atomic E-state index is 0.0683. The number of rotatable bonds is 2. The normalized spacial score (nSPS) is 27.2. The zero-order chi connectivity index (χ0) is 12.5. The fourth-order valence-corrected chi connectivity index (χ4v) is 3.48. The number of fused-ring (bicyclic) bond motifs is 1. The zero-order valence-corrected chi connectivity index (χ0v) is 11.7. The van der Waals surface area contributed by atoms with Crippen molar-refractivity contribution in [3.05, 3.63) is 28.5 Å². The van der Waals surface area contributed by atoms with E-state index in [1.165, 1.54) is 19.4 Å². The predicted molar refractivity (Wildman–Crippen MR) is 72.4 cm³/mol. The van der Waals surface area contributed by atoms with Gasteiger partial charge in [-0.1, -0.05) is 0 Å². The number of hydrogen-bond acceptors (Lipinski definition) is 3. The molecule has 0 radical (unpaired) electrons. The summed E-state index contributed by atoms with van der Waals surface area (Å²) >= 11 is 3.37. The van der Waals surface area contributed by atoms with E-state index in [0.717, 1.165) is 17.4 Å². The molecule has 2 aliphatic rings. The SMILES string of the molecule is O=C(NC1CCN2CCCC12)c1ncccc1Br. The molecule has 4 nitrogen and oxygen atoms in total. The Kier molecular flexibility index (Phi) is 3.35. The van der Waals surface area contributed by atoms with Gasteiger partial charge >= 0.3 is 0 Å². The molecule has 5 heteroatoms. The van der Waals surface area contributed by atoms with E-state index in [4.69, 9.17) is 0 Å². The number of amides is 1. The maximum Gasteiger partial charge on any atom is 0.271 e. The minimum atomic E-state index is -0.0683. The fraction of sp³-hybridized carbons (Fsp3) is 0.538. The van der Waals surface area contributed by atoms with Crippen molar-refractivity contribution >= 4 is 21.8 Å². The Morgan fingerprint density at radius 2 is 2.33 bits per heavy atom. The summed E-state index contributed by atoms with van der Waals surface area (Å²) in [5, 5.41) is 3.13. The Balaban J connectivity index is 1.70. The van der Waals surface area contributed by atoms with Crippen LogP contribution in [0.15, 0.2) is 22.8 Å². The number of pyridine rings is 1. The van der Waals surface area contributed by atoms with Crippen molar-refractivity contribution in [2.75, 3.05) is 13.1 Å². The van der Waals surface area contributed by atoms with Crippen molar-refractivity contribution in [3.8, 4) is 0 Å². The molecule has 0 aromatic carbocycles. The number of halogens is 1. The van der Waals surface area contributed by atoms with Crippen LogP contribution in [-0.4, -0.2) is 41.0 Å². The molecule has 18 heavy (non-hydrogen) atoms. The molecule has 1 amide bonds. The molecule has 3 heterocycles. The second-order valence-corrected chi connectivity index (χ2v) is 5.80. The molecule has 0 aliphatic carbocycles. The molecule has 1 N–H and O–H groups in total. The van der Waals surface area contributed by atoms with Crippen LogP contribution < -0.4 is 5.32 Å². The second-order valence-electron chi connectivity index (χ2n) is 4.95. The first-order valence-corrected chi connectivity index (χ1v) is 7.20. The summed E-state index contributed by atoms with van der Waals surface area (Å²) in [6.07, 6.45) is 5.16. The Labute approximate surface area is 115 Å². The smallest absolute Gasteiger partial charge is 0.271 e. The molecule has 1 aromatic heterocycles. The van der Waals surface area contributed by atoms with Crippen molar-refractivity contribution in [2.24, 2.45) is 0 Å². The van der Waals surface area contributed by atoms with Crippen molar-refractivity contribution in [3.63, 3.8) is 0 Å². The van der Waals surface area contributed by atoms with Crippen LogP contribution in [0.1, 0.15) is 29.8 Å². The zero-order valence-electron chi connectivity index (χ0n) is 10.1. The highest BCUT2D eigenvalue weighted by atomic mass is 79.9. The molecule has 2 atom stereocenters. The number of carbonyl (C=O) groups excluding carboxylic acids is 1. The van der Waals surface area contributed by atoms with Crippen LogP contribution in [0, 0.1) is 0 Å². The molecule has 3 rings (SSSR count). The van der Waals surface area contributed by atoms with E-state index in [1.807, 2.05) is 12.1 Å². The molecule has 96 valence electrons. The Bertz CT molecular complexity index is 465. The van der Waals surface area contributed by atoms with E-state index in [-0.39, 0.29) is 11.9 Å². The Hall–Kier alpha value is -0.940. The van der Waals surface area contributed by atoms with Crippen LogP contribution >= 0.6 is 15.9 Å². The largest absolute Gasteiger partial charge is 0.346 e. The molecular weight excluding hydrogens is 294 g/mol. The molecule has 0 spiro atoms. The fourth-order valence-electron chi connectivity index (χ4n) is 3.04. The Morgan fingerprint density at radius 3 is 3.17 bits per heavy atom. The molecular formula is C13H16BrN3O. The van der Waals surface area contributed by atoms with Gasteiger partial charge in [0.05, 0.1) is 0 Å². The van der Waals surface area contributed by atoms with E-state index >= 15 is 0 Å². The maximum absolute atomic E-state index is 12.2. The summed E-state index contributed by atoms with van der Waals surface area (Å²) in [5.41, 5.74) is 0.481. The van der Waals surface area contributed by atoms with Gasteiger partial charge in [-0.15, -0.1) is 0 Å². The predicted octanol–water partition coefficient (Wildman–Crippen LogP) is 1.81. The van der Waals surface area contributed by atoms with Crippen LogP contribution in [0.3, 0.4) is 0 Å². The molecule has 2 unspecified atom stereocenters. The molecule has 2 fully saturated rings. The average molecular weight is 310 g/mol. The van der Waals surface area contributed by atoms with Crippen molar-refractivity contribution in [1.29, 1.82) is 0 Å². The first-order valence-electron chi connectivity index (χ1n) is 6.41. The highest BCUT2D eigenvalue weighted by Crippen LogP contribution is 2.28. The summed E-state index contributed by atoms with van der Waals surface area (Å²) in [5.74, 6) is -0.0683. The van der Waals surface area contributed by atoms with Crippen molar-refractivity contribution in [1.82, 2.24) is 15.2 Å². The summed E-state index contributed by atoms with van der Waals surface area (Å²) < 4.78 is 0.753. The quantitative estimate of drug-likeness (QED) is 0.906. The third-order valence-corrected chi connectivity index (χ3v) is 4.54. The van der Waals surface area contributed by atoms with Gasteiger partial charge in [-0.05, 0) is 53.9 Å².